The van der Waals surface area contributed by atoms with Crippen molar-refractivity contribution in [3.8, 4) is 11.5 Å². The van der Waals surface area contributed by atoms with Crippen molar-refractivity contribution in [1.29, 1.82) is 0 Å². The Bertz CT molecular complexity index is 913. The first-order valence-electron chi connectivity index (χ1n) is 8.92. The summed E-state index contributed by atoms with van der Waals surface area (Å²) in [4.78, 5) is 17.0. The minimum Gasteiger partial charge on any atom is -0.454 e. The molecular formula is C22H20N2O3. The molecule has 2 heterocycles. The van der Waals surface area contributed by atoms with Gasteiger partial charge in [-0.25, -0.2) is 0 Å². The van der Waals surface area contributed by atoms with E-state index in [1.54, 1.807) is 24.4 Å². The summed E-state index contributed by atoms with van der Waals surface area (Å²) in [5.41, 5.74) is 2.74. The molecule has 0 bridgehead atoms. The third kappa shape index (κ3) is 4.08. The molecule has 0 aliphatic carbocycles. The molecule has 1 unspecified atom stereocenters. The van der Waals surface area contributed by atoms with E-state index in [-0.39, 0.29) is 18.6 Å². The number of amides is 1. The molecule has 3 aromatic rings. The van der Waals surface area contributed by atoms with Crippen LogP contribution in [0.1, 0.15) is 27.5 Å². The van der Waals surface area contributed by atoms with Gasteiger partial charge in [0.25, 0.3) is 5.91 Å². The largest absolute Gasteiger partial charge is 0.454 e. The van der Waals surface area contributed by atoms with Gasteiger partial charge in [-0.3, -0.25) is 9.78 Å². The van der Waals surface area contributed by atoms with Gasteiger partial charge in [-0.15, -0.1) is 0 Å². The number of fused-ring (bicyclic) bond motifs is 1. The van der Waals surface area contributed by atoms with Crippen LogP contribution < -0.4 is 14.8 Å². The second kappa shape index (κ2) is 7.91. The number of carbonyl (C=O) groups excluding carboxylic acids is 1. The predicted octanol–water partition coefficient (Wildman–Crippen LogP) is 3.57. The Morgan fingerprint density at radius 3 is 2.63 bits per heavy atom. The lowest BCUT2D eigenvalue weighted by molar-refractivity contribution is 0.0950. The summed E-state index contributed by atoms with van der Waals surface area (Å²) in [5.74, 6) is 1.29. The van der Waals surface area contributed by atoms with E-state index >= 15 is 0 Å². The van der Waals surface area contributed by atoms with Crippen LogP contribution >= 0.6 is 0 Å². The number of rotatable bonds is 6. The van der Waals surface area contributed by atoms with Gasteiger partial charge in [-0.05, 0) is 42.3 Å². The van der Waals surface area contributed by atoms with Crippen LogP contribution in [0.5, 0.6) is 11.5 Å². The minimum absolute atomic E-state index is 0.129. The summed E-state index contributed by atoms with van der Waals surface area (Å²) in [6.07, 6.45) is 2.55. The topological polar surface area (TPSA) is 60.5 Å². The first kappa shape index (κ1) is 17.1. The van der Waals surface area contributed by atoms with E-state index in [9.17, 15) is 4.79 Å². The predicted molar refractivity (Wildman–Crippen MR) is 102 cm³/mol. The van der Waals surface area contributed by atoms with Crippen molar-refractivity contribution in [2.45, 2.75) is 12.3 Å². The molecule has 0 saturated heterocycles. The molecule has 5 nitrogen and oxygen atoms in total. The van der Waals surface area contributed by atoms with Crippen LogP contribution in [0.2, 0.25) is 0 Å². The third-order valence-corrected chi connectivity index (χ3v) is 4.60. The quantitative estimate of drug-likeness (QED) is 0.730. The molecule has 1 atom stereocenters. The van der Waals surface area contributed by atoms with E-state index in [1.807, 2.05) is 36.4 Å². The fourth-order valence-electron chi connectivity index (χ4n) is 3.16. The van der Waals surface area contributed by atoms with E-state index in [2.05, 4.69) is 22.4 Å². The number of nitrogens with one attached hydrogen (secondary N) is 1. The second-order valence-corrected chi connectivity index (χ2v) is 6.41. The van der Waals surface area contributed by atoms with Crippen LogP contribution in [-0.2, 0) is 6.42 Å². The molecule has 136 valence electrons. The maximum absolute atomic E-state index is 12.6. The van der Waals surface area contributed by atoms with E-state index in [0.717, 1.165) is 12.1 Å². The summed E-state index contributed by atoms with van der Waals surface area (Å²) >= 11 is 0. The molecule has 1 aromatic heterocycles. The highest BCUT2D eigenvalue weighted by molar-refractivity contribution is 5.95. The molecule has 1 N–H and O–H groups in total. The normalized spacial score (nSPS) is 13.2. The summed E-state index contributed by atoms with van der Waals surface area (Å²) in [6, 6.07) is 21.3. The smallest absolute Gasteiger partial charge is 0.251 e. The maximum Gasteiger partial charge on any atom is 0.251 e. The highest BCUT2D eigenvalue weighted by Crippen LogP contribution is 2.32. The number of carbonyl (C=O) groups is 1. The van der Waals surface area contributed by atoms with Crippen molar-refractivity contribution in [3.63, 3.8) is 0 Å². The zero-order chi connectivity index (χ0) is 18.5. The zero-order valence-electron chi connectivity index (χ0n) is 14.8. The first-order chi connectivity index (χ1) is 13.3. The van der Waals surface area contributed by atoms with Crippen molar-refractivity contribution >= 4 is 5.91 Å². The molecule has 1 amide bonds. The van der Waals surface area contributed by atoms with Crippen molar-refractivity contribution in [2.24, 2.45) is 0 Å². The minimum atomic E-state index is -0.129. The maximum atomic E-state index is 12.6. The van der Waals surface area contributed by atoms with Crippen molar-refractivity contribution in [3.05, 3.63) is 89.7 Å². The fraction of sp³-hybridized carbons (Fsp3) is 0.182. The molecule has 27 heavy (non-hydrogen) atoms. The lowest BCUT2D eigenvalue weighted by atomic mass is 9.93. The van der Waals surface area contributed by atoms with Gasteiger partial charge in [0.15, 0.2) is 11.5 Å². The Morgan fingerprint density at radius 2 is 1.81 bits per heavy atom. The Hall–Kier alpha value is -3.34. The number of pyridine rings is 1. The Kier molecular flexibility index (Phi) is 5.01. The van der Waals surface area contributed by atoms with Crippen LogP contribution in [0, 0.1) is 0 Å². The lowest BCUT2D eigenvalue weighted by Gasteiger charge is -2.18. The van der Waals surface area contributed by atoms with E-state index in [4.69, 9.17) is 9.47 Å². The van der Waals surface area contributed by atoms with Crippen LogP contribution in [-0.4, -0.2) is 24.2 Å². The molecule has 0 spiro atoms. The number of hydrogen-bond donors (Lipinski definition) is 1. The second-order valence-electron chi connectivity index (χ2n) is 6.41. The molecule has 5 heteroatoms. The van der Waals surface area contributed by atoms with Gasteiger partial charge in [-0.1, -0.05) is 36.4 Å². The Balaban J connectivity index is 1.47. The van der Waals surface area contributed by atoms with Gasteiger partial charge in [-0.2, -0.15) is 0 Å². The number of ether oxygens (including phenoxy) is 2. The molecule has 0 saturated carbocycles. The molecule has 0 radical (unpaired) electrons. The molecular weight excluding hydrogens is 340 g/mol. The van der Waals surface area contributed by atoms with Gasteiger partial charge < -0.3 is 14.8 Å². The van der Waals surface area contributed by atoms with E-state index in [0.29, 0.717) is 23.6 Å². The number of benzene rings is 2. The van der Waals surface area contributed by atoms with Crippen molar-refractivity contribution in [2.75, 3.05) is 13.3 Å². The average molecular weight is 360 g/mol. The third-order valence-electron chi connectivity index (χ3n) is 4.60. The summed E-state index contributed by atoms with van der Waals surface area (Å²) in [7, 11) is 0. The van der Waals surface area contributed by atoms with Gasteiger partial charge in [0.2, 0.25) is 6.79 Å². The number of hydrogen-bond acceptors (Lipinski definition) is 4. The van der Waals surface area contributed by atoms with Crippen LogP contribution in [0.15, 0.2) is 72.9 Å². The van der Waals surface area contributed by atoms with Crippen molar-refractivity contribution in [1.82, 2.24) is 10.3 Å². The molecule has 1 aliphatic rings. The molecule has 1 aliphatic heterocycles. The summed E-state index contributed by atoms with van der Waals surface area (Å²) in [5, 5.41) is 3.05. The van der Waals surface area contributed by atoms with Gasteiger partial charge in [0.1, 0.15) is 0 Å². The number of nitrogens with zero attached hydrogens (tertiary/aromatic N) is 1. The zero-order valence-corrected chi connectivity index (χ0v) is 14.8. The van der Waals surface area contributed by atoms with Crippen LogP contribution in [0.3, 0.4) is 0 Å². The highest BCUT2D eigenvalue weighted by atomic mass is 16.7. The van der Waals surface area contributed by atoms with Gasteiger partial charge >= 0.3 is 0 Å². The monoisotopic (exact) mass is 360 g/mol. The first-order valence-corrected chi connectivity index (χ1v) is 8.92. The van der Waals surface area contributed by atoms with E-state index < -0.39 is 0 Å². The SMILES string of the molecule is O=C(NCC(Cc1ccccn1)c1ccccc1)c1ccc2c(c1)OCO2. The summed E-state index contributed by atoms with van der Waals surface area (Å²) < 4.78 is 10.6. The number of aromatic nitrogens is 1. The fourth-order valence-corrected chi connectivity index (χ4v) is 3.16. The molecule has 0 fully saturated rings. The summed E-state index contributed by atoms with van der Waals surface area (Å²) in [6.45, 7) is 0.717. The van der Waals surface area contributed by atoms with E-state index in [1.165, 1.54) is 5.56 Å². The molecule has 2 aromatic carbocycles. The lowest BCUT2D eigenvalue weighted by Crippen LogP contribution is -2.29. The van der Waals surface area contributed by atoms with Crippen LogP contribution in [0.4, 0.5) is 0 Å². The van der Waals surface area contributed by atoms with Gasteiger partial charge in [0.05, 0.1) is 0 Å². The molecule has 4 rings (SSSR count). The van der Waals surface area contributed by atoms with Crippen LogP contribution in [0.25, 0.3) is 0 Å². The van der Waals surface area contributed by atoms with Gasteiger partial charge in [0, 0.05) is 29.9 Å². The Morgan fingerprint density at radius 1 is 1.00 bits per heavy atom. The average Bonchev–Trinajstić information content (AvgIpc) is 3.20. The highest BCUT2D eigenvalue weighted by Gasteiger charge is 2.18. The standard InChI is InChI=1S/C22H20N2O3/c25-22(17-9-10-20-21(13-17)27-15-26-20)24-14-18(16-6-2-1-3-7-16)12-19-8-4-5-11-23-19/h1-11,13,18H,12,14-15H2,(H,24,25). The Labute approximate surface area is 158 Å². The van der Waals surface area contributed by atoms with Crippen molar-refractivity contribution < 1.29 is 14.3 Å².